The monoisotopic (exact) mass is 249 g/mol. The molecule has 2 aromatic carbocycles. The SMILES string of the molecule is CCN(Cc1[c-]ccc(F)c1)Cc1ccccc1.[Li+]. The van der Waals surface area contributed by atoms with E-state index >= 15 is 0 Å². The van der Waals surface area contributed by atoms with Gasteiger partial charge in [0.05, 0.1) is 0 Å². The smallest absolute Gasteiger partial charge is 0.297 e. The quantitative estimate of drug-likeness (QED) is 0.555. The average molecular weight is 249 g/mol. The van der Waals surface area contributed by atoms with Crippen LogP contribution < -0.4 is 18.9 Å². The van der Waals surface area contributed by atoms with Crippen molar-refractivity contribution in [3.05, 3.63) is 71.5 Å². The van der Waals surface area contributed by atoms with Crippen LogP contribution in [0, 0.1) is 11.9 Å². The molecule has 0 saturated heterocycles. The zero-order valence-electron chi connectivity index (χ0n) is 11.6. The summed E-state index contributed by atoms with van der Waals surface area (Å²) < 4.78 is 13.1. The molecule has 0 heterocycles. The second kappa shape index (κ2) is 8.17. The Balaban J connectivity index is 0.00000180. The van der Waals surface area contributed by atoms with Gasteiger partial charge in [-0.1, -0.05) is 37.3 Å². The van der Waals surface area contributed by atoms with E-state index in [0.717, 1.165) is 25.2 Å². The molecule has 2 aromatic rings. The Hall–Kier alpha value is -1.07. The van der Waals surface area contributed by atoms with E-state index < -0.39 is 0 Å². The van der Waals surface area contributed by atoms with Crippen molar-refractivity contribution in [3.63, 3.8) is 0 Å². The van der Waals surface area contributed by atoms with E-state index in [1.165, 1.54) is 11.6 Å². The fourth-order valence-electron chi connectivity index (χ4n) is 1.94. The van der Waals surface area contributed by atoms with Gasteiger partial charge >= 0.3 is 18.9 Å². The van der Waals surface area contributed by atoms with Crippen molar-refractivity contribution < 1.29 is 23.3 Å². The minimum atomic E-state index is -0.195. The zero-order valence-corrected chi connectivity index (χ0v) is 11.6. The molecule has 0 aromatic heterocycles. The van der Waals surface area contributed by atoms with Gasteiger partial charge in [-0.2, -0.15) is 12.1 Å². The topological polar surface area (TPSA) is 3.24 Å². The summed E-state index contributed by atoms with van der Waals surface area (Å²) in [7, 11) is 0. The molecule has 0 amide bonds. The standard InChI is InChI=1S/C16H17FN.Li/c1-2-18(12-14-7-4-3-5-8-14)13-15-9-6-10-16(17)11-15;/h3-8,10-11H,2,12-13H2,1H3;/q-1;+1. The second-order valence-corrected chi connectivity index (χ2v) is 4.32. The van der Waals surface area contributed by atoms with Crippen LogP contribution in [0.2, 0.25) is 0 Å². The molecule has 94 valence electrons. The number of hydrogen-bond donors (Lipinski definition) is 0. The third-order valence-electron chi connectivity index (χ3n) is 2.91. The van der Waals surface area contributed by atoms with Gasteiger partial charge in [-0.25, -0.2) is 4.39 Å². The summed E-state index contributed by atoms with van der Waals surface area (Å²) in [5.74, 6) is -0.195. The van der Waals surface area contributed by atoms with Crippen LogP contribution in [0.1, 0.15) is 18.1 Å². The summed E-state index contributed by atoms with van der Waals surface area (Å²) in [4.78, 5) is 2.26. The van der Waals surface area contributed by atoms with E-state index in [1.54, 1.807) is 12.1 Å². The molecule has 0 atom stereocenters. The Morgan fingerprint density at radius 1 is 1.11 bits per heavy atom. The molecule has 1 nitrogen and oxygen atoms in total. The number of halogens is 1. The zero-order chi connectivity index (χ0) is 12.8. The van der Waals surface area contributed by atoms with Crippen LogP contribution in [-0.2, 0) is 13.1 Å². The van der Waals surface area contributed by atoms with Crippen LogP contribution in [-0.4, -0.2) is 11.4 Å². The summed E-state index contributed by atoms with van der Waals surface area (Å²) >= 11 is 0. The Morgan fingerprint density at radius 3 is 2.47 bits per heavy atom. The molecule has 3 heteroatoms. The van der Waals surface area contributed by atoms with E-state index in [4.69, 9.17) is 0 Å². The number of benzene rings is 2. The molecule has 0 N–H and O–H groups in total. The predicted molar refractivity (Wildman–Crippen MR) is 71.5 cm³/mol. The Bertz CT molecular complexity index is 487. The molecule has 19 heavy (non-hydrogen) atoms. The fourth-order valence-corrected chi connectivity index (χ4v) is 1.94. The maximum atomic E-state index is 13.1. The maximum absolute atomic E-state index is 13.1. The Labute approximate surface area is 126 Å². The first-order valence-corrected chi connectivity index (χ1v) is 6.20. The fraction of sp³-hybridized carbons (Fsp3) is 0.250. The van der Waals surface area contributed by atoms with Gasteiger partial charge in [-0.05, 0) is 12.1 Å². The van der Waals surface area contributed by atoms with Crippen molar-refractivity contribution in [2.75, 3.05) is 6.54 Å². The molecule has 2 rings (SSSR count). The number of nitrogens with zero attached hydrogens (tertiary/aromatic N) is 1. The normalized spacial score (nSPS) is 10.3. The third-order valence-corrected chi connectivity index (χ3v) is 2.91. The van der Waals surface area contributed by atoms with E-state index in [0.29, 0.717) is 0 Å². The van der Waals surface area contributed by atoms with Crippen LogP contribution in [0.5, 0.6) is 0 Å². The predicted octanol–water partition coefficient (Wildman–Crippen LogP) is 0.652. The molecule has 0 unspecified atom stereocenters. The summed E-state index contributed by atoms with van der Waals surface area (Å²) in [5.41, 5.74) is 2.17. The number of rotatable bonds is 5. The van der Waals surface area contributed by atoms with Crippen LogP contribution in [0.4, 0.5) is 4.39 Å². The van der Waals surface area contributed by atoms with Gasteiger partial charge in [-0.15, -0.1) is 17.7 Å². The van der Waals surface area contributed by atoms with Crippen LogP contribution in [0.15, 0.2) is 48.5 Å². The molecule has 0 spiro atoms. The molecule has 0 radical (unpaired) electrons. The largest absolute Gasteiger partial charge is 1.00 e. The summed E-state index contributed by atoms with van der Waals surface area (Å²) in [6, 6.07) is 18.0. The molecule has 0 aliphatic rings. The van der Waals surface area contributed by atoms with Crippen molar-refractivity contribution in [2.24, 2.45) is 0 Å². The maximum Gasteiger partial charge on any atom is 1.00 e. The van der Waals surface area contributed by atoms with Crippen molar-refractivity contribution >= 4 is 0 Å². The Morgan fingerprint density at radius 2 is 1.84 bits per heavy atom. The molecule has 0 saturated carbocycles. The first-order chi connectivity index (χ1) is 8.78. The van der Waals surface area contributed by atoms with E-state index in [9.17, 15) is 4.39 Å². The molecule has 0 aliphatic heterocycles. The summed E-state index contributed by atoms with van der Waals surface area (Å²) in [5, 5.41) is 0. The molecular weight excluding hydrogens is 232 g/mol. The van der Waals surface area contributed by atoms with Gasteiger partial charge in [-0.3, -0.25) is 4.90 Å². The van der Waals surface area contributed by atoms with Gasteiger partial charge in [0.2, 0.25) is 0 Å². The molecular formula is C16H17FLiN. The van der Waals surface area contributed by atoms with Crippen molar-refractivity contribution in [3.8, 4) is 0 Å². The first kappa shape index (κ1) is 16.0. The summed E-state index contributed by atoms with van der Waals surface area (Å²) in [6.07, 6.45) is 0. The van der Waals surface area contributed by atoms with Crippen LogP contribution in [0.3, 0.4) is 0 Å². The van der Waals surface area contributed by atoms with Gasteiger partial charge in [0.1, 0.15) is 0 Å². The van der Waals surface area contributed by atoms with Crippen LogP contribution in [0.25, 0.3) is 0 Å². The minimum absolute atomic E-state index is 0. The minimum Gasteiger partial charge on any atom is -0.297 e. The van der Waals surface area contributed by atoms with Gasteiger partial charge in [0, 0.05) is 18.9 Å². The second-order valence-electron chi connectivity index (χ2n) is 4.32. The molecule has 0 aliphatic carbocycles. The first-order valence-electron chi connectivity index (χ1n) is 6.20. The summed E-state index contributed by atoms with van der Waals surface area (Å²) in [6.45, 7) is 4.65. The van der Waals surface area contributed by atoms with E-state index in [-0.39, 0.29) is 24.7 Å². The van der Waals surface area contributed by atoms with Crippen molar-refractivity contribution in [1.82, 2.24) is 4.90 Å². The van der Waals surface area contributed by atoms with Gasteiger partial charge < -0.3 is 0 Å². The number of hydrogen-bond acceptors (Lipinski definition) is 1. The Kier molecular flexibility index (Phi) is 6.87. The van der Waals surface area contributed by atoms with Gasteiger partial charge in [0.25, 0.3) is 0 Å². The molecule has 0 fully saturated rings. The van der Waals surface area contributed by atoms with E-state index in [2.05, 4.69) is 30.0 Å². The third kappa shape index (κ3) is 5.20. The van der Waals surface area contributed by atoms with Gasteiger partial charge in [0.15, 0.2) is 0 Å². The molecule has 0 bridgehead atoms. The van der Waals surface area contributed by atoms with Crippen molar-refractivity contribution in [1.29, 1.82) is 0 Å². The van der Waals surface area contributed by atoms with Crippen molar-refractivity contribution in [2.45, 2.75) is 20.0 Å². The average Bonchev–Trinajstić information content (AvgIpc) is 2.39. The van der Waals surface area contributed by atoms with Crippen LogP contribution >= 0.6 is 0 Å². The van der Waals surface area contributed by atoms with E-state index in [1.807, 2.05) is 18.2 Å².